The third-order valence-corrected chi connectivity index (χ3v) is 9.08. The number of piperidine rings is 1. The van der Waals surface area contributed by atoms with Crippen LogP contribution in [0.25, 0.3) is 0 Å². The van der Waals surface area contributed by atoms with Crippen molar-refractivity contribution in [3.05, 3.63) is 70.7 Å². The maximum Gasteiger partial charge on any atom is 0.243 e. The Balaban J connectivity index is 1.60. The molecule has 0 spiro atoms. The number of rotatable bonds is 7. The summed E-state index contributed by atoms with van der Waals surface area (Å²) in [5.74, 6) is -0.411. The van der Waals surface area contributed by atoms with Crippen LogP contribution in [0.2, 0.25) is 0 Å². The lowest BCUT2D eigenvalue weighted by atomic mass is 9.72. The smallest absolute Gasteiger partial charge is 0.243 e. The lowest BCUT2D eigenvalue weighted by Gasteiger charge is -2.40. The van der Waals surface area contributed by atoms with Crippen molar-refractivity contribution in [3.63, 3.8) is 0 Å². The standard InChI is InChI=1S/C24H26N4O4S2/c1-3-21-26-27-23(33-21)25-22(30)24(19-9-5-4-6-10-19)12-14-28(15-13-24)34(31,32)20-11-7-8-18(16-20)17(2)29/h4-11,16H,3,12-15H2,1-2H3,(H,25,27,30). The summed E-state index contributed by atoms with van der Waals surface area (Å²) in [7, 11) is -3.81. The molecule has 3 aromatic rings. The summed E-state index contributed by atoms with van der Waals surface area (Å²) in [5, 5.41) is 12.3. The average molecular weight is 499 g/mol. The fraction of sp³-hybridized carbons (Fsp3) is 0.333. The topological polar surface area (TPSA) is 109 Å². The van der Waals surface area contributed by atoms with Gasteiger partial charge in [-0.15, -0.1) is 10.2 Å². The number of aryl methyl sites for hydroxylation is 1. The zero-order valence-electron chi connectivity index (χ0n) is 19.0. The summed E-state index contributed by atoms with van der Waals surface area (Å²) in [5.41, 5.74) is 0.287. The lowest BCUT2D eigenvalue weighted by Crippen LogP contribution is -2.50. The Kier molecular flexibility index (Phi) is 6.92. The van der Waals surface area contributed by atoms with Crippen LogP contribution in [-0.2, 0) is 26.7 Å². The Bertz CT molecular complexity index is 1300. The number of ketones is 1. The molecule has 1 saturated heterocycles. The van der Waals surface area contributed by atoms with Crippen LogP contribution in [0.15, 0.2) is 59.5 Å². The van der Waals surface area contributed by atoms with Crippen molar-refractivity contribution in [2.75, 3.05) is 18.4 Å². The largest absolute Gasteiger partial charge is 0.300 e. The first kappa shape index (κ1) is 24.2. The van der Waals surface area contributed by atoms with Crippen molar-refractivity contribution in [1.82, 2.24) is 14.5 Å². The van der Waals surface area contributed by atoms with Gasteiger partial charge >= 0.3 is 0 Å². The number of amides is 1. The summed E-state index contributed by atoms with van der Waals surface area (Å²) in [4.78, 5) is 25.4. The number of carbonyl (C=O) groups is 2. The van der Waals surface area contributed by atoms with Gasteiger partial charge in [0.15, 0.2) is 5.78 Å². The molecule has 2 heterocycles. The van der Waals surface area contributed by atoms with Gasteiger partial charge in [0.1, 0.15) is 5.01 Å². The van der Waals surface area contributed by atoms with Gasteiger partial charge in [-0.25, -0.2) is 8.42 Å². The number of carbonyl (C=O) groups excluding carboxylic acids is 2. The summed E-state index contributed by atoms with van der Waals surface area (Å²) < 4.78 is 28.0. The summed E-state index contributed by atoms with van der Waals surface area (Å²) >= 11 is 1.34. The third kappa shape index (κ3) is 4.66. The average Bonchev–Trinajstić information content (AvgIpc) is 3.32. The van der Waals surface area contributed by atoms with E-state index in [4.69, 9.17) is 0 Å². The van der Waals surface area contributed by atoms with Crippen LogP contribution in [0.1, 0.15) is 47.6 Å². The molecule has 178 valence electrons. The minimum absolute atomic E-state index is 0.0813. The quantitative estimate of drug-likeness (QED) is 0.498. The SMILES string of the molecule is CCc1nnc(NC(=O)C2(c3ccccc3)CCN(S(=O)(=O)c3cccc(C(C)=O)c3)CC2)s1. The highest BCUT2D eigenvalue weighted by atomic mass is 32.2. The van der Waals surface area contributed by atoms with Gasteiger partial charge in [0, 0.05) is 18.7 Å². The van der Waals surface area contributed by atoms with Crippen LogP contribution in [0.4, 0.5) is 5.13 Å². The normalized spacial score (nSPS) is 16.2. The molecule has 10 heteroatoms. The van der Waals surface area contributed by atoms with Crippen LogP contribution < -0.4 is 5.32 Å². The van der Waals surface area contributed by atoms with E-state index in [1.165, 1.54) is 34.7 Å². The van der Waals surface area contributed by atoms with Gasteiger partial charge in [-0.1, -0.05) is 60.7 Å². The van der Waals surface area contributed by atoms with E-state index in [1.54, 1.807) is 12.1 Å². The number of hydrogen-bond donors (Lipinski definition) is 1. The summed E-state index contributed by atoms with van der Waals surface area (Å²) in [6.45, 7) is 3.72. The van der Waals surface area contributed by atoms with Gasteiger partial charge in [0.25, 0.3) is 0 Å². The molecule has 1 aliphatic rings. The molecule has 1 fully saturated rings. The second-order valence-electron chi connectivity index (χ2n) is 8.24. The zero-order valence-corrected chi connectivity index (χ0v) is 20.7. The molecule has 4 rings (SSSR count). The number of anilines is 1. The molecule has 34 heavy (non-hydrogen) atoms. The fourth-order valence-electron chi connectivity index (χ4n) is 4.20. The maximum absolute atomic E-state index is 13.6. The van der Waals surface area contributed by atoms with Crippen LogP contribution in [0.5, 0.6) is 0 Å². The minimum Gasteiger partial charge on any atom is -0.300 e. The van der Waals surface area contributed by atoms with E-state index in [9.17, 15) is 18.0 Å². The number of nitrogens with zero attached hydrogens (tertiary/aromatic N) is 3. The van der Waals surface area contributed by atoms with Crippen molar-refractivity contribution in [2.24, 2.45) is 0 Å². The van der Waals surface area contributed by atoms with Crippen molar-refractivity contribution < 1.29 is 18.0 Å². The number of benzene rings is 2. The van der Waals surface area contributed by atoms with Gasteiger partial charge in [-0.2, -0.15) is 4.31 Å². The first-order valence-corrected chi connectivity index (χ1v) is 13.3. The molecule has 1 amide bonds. The second-order valence-corrected chi connectivity index (χ2v) is 11.2. The Labute approximate surface area is 203 Å². The Hall–Kier alpha value is -2.95. The lowest BCUT2D eigenvalue weighted by molar-refractivity contribution is -0.123. The van der Waals surface area contributed by atoms with E-state index >= 15 is 0 Å². The number of sulfonamides is 1. The molecule has 0 bridgehead atoms. The molecule has 0 saturated carbocycles. The van der Waals surface area contributed by atoms with E-state index < -0.39 is 15.4 Å². The van der Waals surface area contributed by atoms with Gasteiger partial charge in [-0.3, -0.25) is 14.9 Å². The molecular formula is C24H26N4O4S2. The van der Waals surface area contributed by atoms with Crippen LogP contribution in [-0.4, -0.2) is 47.7 Å². The number of aromatic nitrogens is 2. The van der Waals surface area contributed by atoms with Crippen molar-refractivity contribution in [1.29, 1.82) is 0 Å². The molecule has 0 atom stereocenters. The summed E-state index contributed by atoms with van der Waals surface area (Å²) in [6.07, 6.45) is 1.36. The predicted molar refractivity (Wildman–Crippen MR) is 130 cm³/mol. The molecule has 0 radical (unpaired) electrons. The number of nitrogens with one attached hydrogen (secondary N) is 1. The molecular weight excluding hydrogens is 472 g/mol. The summed E-state index contributed by atoms with van der Waals surface area (Å²) in [6, 6.07) is 15.5. The molecule has 1 aliphatic heterocycles. The van der Waals surface area contributed by atoms with Crippen LogP contribution in [0.3, 0.4) is 0 Å². The Morgan fingerprint density at radius 3 is 2.38 bits per heavy atom. The second kappa shape index (κ2) is 9.73. The molecule has 1 N–H and O–H groups in total. The number of Topliss-reactive ketones (excluding diaryl/α,β-unsaturated/α-hetero) is 1. The van der Waals surface area contributed by atoms with Crippen molar-refractivity contribution in [3.8, 4) is 0 Å². The number of hydrogen-bond acceptors (Lipinski definition) is 7. The van der Waals surface area contributed by atoms with Gasteiger partial charge in [0.05, 0.1) is 10.3 Å². The van der Waals surface area contributed by atoms with E-state index in [2.05, 4.69) is 15.5 Å². The van der Waals surface area contributed by atoms with Crippen molar-refractivity contribution in [2.45, 2.75) is 43.4 Å². The van der Waals surface area contributed by atoms with Gasteiger partial charge in [-0.05, 0) is 43.9 Å². The first-order chi connectivity index (χ1) is 16.3. The molecule has 8 nitrogen and oxygen atoms in total. The Morgan fingerprint density at radius 1 is 1.06 bits per heavy atom. The predicted octanol–water partition coefficient (Wildman–Crippen LogP) is 3.66. The molecule has 2 aromatic carbocycles. The minimum atomic E-state index is -3.81. The van der Waals surface area contributed by atoms with Crippen molar-refractivity contribution >= 4 is 38.2 Å². The highest BCUT2D eigenvalue weighted by Crippen LogP contribution is 2.38. The highest BCUT2D eigenvalue weighted by Gasteiger charge is 2.45. The Morgan fingerprint density at radius 2 is 1.76 bits per heavy atom. The molecule has 0 aliphatic carbocycles. The first-order valence-electron chi connectivity index (χ1n) is 11.1. The van der Waals surface area contributed by atoms with Crippen LogP contribution >= 0.6 is 11.3 Å². The van der Waals surface area contributed by atoms with Gasteiger partial charge < -0.3 is 0 Å². The maximum atomic E-state index is 13.6. The van der Waals surface area contributed by atoms with Gasteiger partial charge in [0.2, 0.25) is 21.1 Å². The fourth-order valence-corrected chi connectivity index (χ4v) is 6.36. The third-order valence-electron chi connectivity index (χ3n) is 6.21. The van der Waals surface area contributed by atoms with Crippen LogP contribution in [0, 0.1) is 0 Å². The highest BCUT2D eigenvalue weighted by molar-refractivity contribution is 7.89. The van der Waals surface area contributed by atoms with E-state index in [0.717, 1.165) is 17.0 Å². The van der Waals surface area contributed by atoms with E-state index in [0.29, 0.717) is 23.5 Å². The molecule has 1 aromatic heterocycles. The van der Waals surface area contributed by atoms with E-state index in [-0.39, 0.29) is 29.7 Å². The monoisotopic (exact) mass is 498 g/mol. The van der Waals surface area contributed by atoms with E-state index in [1.807, 2.05) is 37.3 Å². The zero-order chi connectivity index (χ0) is 24.3. The molecule has 0 unspecified atom stereocenters.